The van der Waals surface area contributed by atoms with Crippen LogP contribution in [-0.4, -0.2) is 39.2 Å². The van der Waals surface area contributed by atoms with Crippen molar-refractivity contribution in [1.82, 2.24) is 4.90 Å². The molecule has 1 aliphatic heterocycles. The van der Waals surface area contributed by atoms with Gasteiger partial charge in [0.1, 0.15) is 11.2 Å². The molecule has 3 rings (SSSR count). The molecule has 0 radical (unpaired) electrons. The highest BCUT2D eigenvalue weighted by Crippen LogP contribution is 2.46. The van der Waals surface area contributed by atoms with Gasteiger partial charge in [-0.15, -0.1) is 0 Å². The number of halogens is 3. The first-order chi connectivity index (χ1) is 13.2. The molecule has 0 spiro atoms. The van der Waals surface area contributed by atoms with E-state index in [1.807, 2.05) is 30.3 Å². The average Bonchev–Trinajstić information content (AvgIpc) is 3.06. The second-order valence-corrected chi connectivity index (χ2v) is 8.81. The van der Waals surface area contributed by atoms with Gasteiger partial charge < -0.3 is 0 Å². The quantitative estimate of drug-likeness (QED) is 0.644. The standard InChI is InChI=1S/C20H22F3NO3S/c21-20(22,23)19(11-12-24(15-19)13-17-7-3-1-4-8-17)16-27-28(25,26)14-18-9-5-2-6-10-18/h1-10H,11-16H2. The largest absolute Gasteiger partial charge is 0.398 e. The van der Waals surface area contributed by atoms with Gasteiger partial charge in [-0.3, -0.25) is 9.08 Å². The van der Waals surface area contributed by atoms with Crippen molar-refractivity contribution in [2.24, 2.45) is 5.41 Å². The van der Waals surface area contributed by atoms with E-state index in [2.05, 4.69) is 0 Å². The van der Waals surface area contributed by atoms with Crippen molar-refractivity contribution >= 4 is 10.1 Å². The summed E-state index contributed by atoms with van der Waals surface area (Å²) in [7, 11) is -4.12. The van der Waals surface area contributed by atoms with Crippen LogP contribution in [0.15, 0.2) is 60.7 Å². The van der Waals surface area contributed by atoms with E-state index in [4.69, 9.17) is 4.18 Å². The van der Waals surface area contributed by atoms with E-state index in [9.17, 15) is 21.6 Å². The summed E-state index contributed by atoms with van der Waals surface area (Å²) in [5.41, 5.74) is -0.801. The number of likely N-dealkylation sites (tertiary alicyclic amines) is 1. The molecular weight excluding hydrogens is 391 g/mol. The molecular formula is C20H22F3NO3S. The van der Waals surface area contributed by atoms with Crippen LogP contribution in [0.5, 0.6) is 0 Å². The summed E-state index contributed by atoms with van der Waals surface area (Å²) in [5, 5.41) is 0. The maximum absolute atomic E-state index is 13.8. The van der Waals surface area contributed by atoms with Crippen LogP contribution in [0.1, 0.15) is 17.5 Å². The Morgan fingerprint density at radius 1 is 0.964 bits per heavy atom. The SMILES string of the molecule is O=S(=O)(Cc1ccccc1)OCC1(C(F)(F)F)CCN(Cc2ccccc2)C1. The van der Waals surface area contributed by atoms with Crippen molar-refractivity contribution < 1.29 is 25.8 Å². The normalized spacial score (nSPS) is 21.1. The molecule has 1 saturated heterocycles. The molecule has 4 nitrogen and oxygen atoms in total. The zero-order valence-corrected chi connectivity index (χ0v) is 16.0. The van der Waals surface area contributed by atoms with E-state index in [1.165, 1.54) is 0 Å². The maximum Gasteiger partial charge on any atom is 0.398 e. The molecule has 1 fully saturated rings. The molecule has 1 heterocycles. The van der Waals surface area contributed by atoms with Crippen molar-refractivity contribution in [2.75, 3.05) is 19.7 Å². The average molecular weight is 413 g/mol. The zero-order valence-electron chi connectivity index (χ0n) is 15.2. The van der Waals surface area contributed by atoms with Crippen molar-refractivity contribution in [2.45, 2.75) is 24.9 Å². The predicted octanol–water partition coefficient (Wildman–Crippen LogP) is 3.99. The lowest BCUT2D eigenvalue weighted by molar-refractivity contribution is -0.227. The van der Waals surface area contributed by atoms with Gasteiger partial charge in [0.2, 0.25) is 0 Å². The summed E-state index contributed by atoms with van der Waals surface area (Å²) in [6.45, 7) is -0.560. The van der Waals surface area contributed by atoms with Crippen molar-refractivity contribution in [1.29, 1.82) is 0 Å². The predicted molar refractivity (Wildman–Crippen MR) is 99.8 cm³/mol. The van der Waals surface area contributed by atoms with E-state index in [-0.39, 0.29) is 19.5 Å². The van der Waals surface area contributed by atoms with Crippen LogP contribution >= 0.6 is 0 Å². The number of alkyl halides is 3. The third-order valence-electron chi connectivity index (χ3n) is 4.98. The molecule has 0 aliphatic carbocycles. The number of benzene rings is 2. The van der Waals surface area contributed by atoms with Gasteiger partial charge in [-0.25, -0.2) is 0 Å². The van der Waals surface area contributed by atoms with Crippen molar-refractivity contribution in [3.63, 3.8) is 0 Å². The van der Waals surface area contributed by atoms with Crippen LogP contribution < -0.4 is 0 Å². The molecule has 0 saturated carbocycles. The summed E-state index contributed by atoms with van der Waals surface area (Å²) < 4.78 is 70.7. The Labute approximate surface area is 163 Å². The maximum atomic E-state index is 13.8. The molecule has 0 amide bonds. The Morgan fingerprint density at radius 3 is 2.11 bits per heavy atom. The van der Waals surface area contributed by atoms with Gasteiger partial charge >= 0.3 is 6.18 Å². The molecule has 1 atom stereocenters. The molecule has 28 heavy (non-hydrogen) atoms. The van der Waals surface area contributed by atoms with E-state index in [0.29, 0.717) is 12.1 Å². The summed E-state index contributed by atoms with van der Waals surface area (Å²) in [4.78, 5) is 1.69. The fourth-order valence-corrected chi connectivity index (χ4v) is 4.48. The van der Waals surface area contributed by atoms with Gasteiger partial charge in [0.25, 0.3) is 10.1 Å². The van der Waals surface area contributed by atoms with Crippen molar-refractivity contribution in [3.05, 3.63) is 71.8 Å². The van der Waals surface area contributed by atoms with E-state index >= 15 is 0 Å². The highest BCUT2D eigenvalue weighted by molar-refractivity contribution is 7.85. The minimum atomic E-state index is -4.55. The van der Waals surface area contributed by atoms with Gasteiger partial charge in [0.15, 0.2) is 0 Å². The summed E-state index contributed by atoms with van der Waals surface area (Å²) in [6.07, 6.45) is -4.75. The molecule has 152 valence electrons. The molecule has 0 aromatic heterocycles. The number of hydrogen-bond acceptors (Lipinski definition) is 4. The van der Waals surface area contributed by atoms with Crippen LogP contribution in [0.25, 0.3) is 0 Å². The molecule has 0 bridgehead atoms. The zero-order chi connectivity index (χ0) is 20.3. The summed E-state index contributed by atoms with van der Waals surface area (Å²) in [5.74, 6) is -0.449. The van der Waals surface area contributed by atoms with Gasteiger partial charge in [-0.1, -0.05) is 60.7 Å². The Hall–Kier alpha value is -1.90. The van der Waals surface area contributed by atoms with Crippen molar-refractivity contribution in [3.8, 4) is 0 Å². The second-order valence-electron chi connectivity index (χ2n) is 7.17. The van der Waals surface area contributed by atoms with Gasteiger partial charge in [-0.05, 0) is 24.1 Å². The molecule has 8 heteroatoms. The monoisotopic (exact) mass is 413 g/mol. The first-order valence-corrected chi connectivity index (χ1v) is 10.5. The van der Waals surface area contributed by atoms with Crippen LogP contribution in [0, 0.1) is 5.41 Å². The molecule has 1 aliphatic rings. The first kappa shape index (κ1) is 20.8. The number of hydrogen-bond donors (Lipinski definition) is 0. The molecule has 2 aromatic rings. The Kier molecular flexibility index (Phi) is 6.12. The second kappa shape index (κ2) is 8.23. The summed E-state index contributed by atoms with van der Waals surface area (Å²) >= 11 is 0. The number of nitrogens with zero attached hydrogens (tertiary/aromatic N) is 1. The lowest BCUT2D eigenvalue weighted by atomic mass is 9.87. The topological polar surface area (TPSA) is 46.6 Å². The molecule has 2 aromatic carbocycles. The van der Waals surface area contributed by atoms with Gasteiger partial charge in [0, 0.05) is 13.1 Å². The van der Waals surface area contributed by atoms with Gasteiger partial charge in [-0.2, -0.15) is 21.6 Å². The Morgan fingerprint density at radius 2 is 1.54 bits per heavy atom. The fourth-order valence-electron chi connectivity index (χ4n) is 3.39. The van der Waals surface area contributed by atoms with Gasteiger partial charge in [0.05, 0.1) is 6.61 Å². The van der Waals surface area contributed by atoms with Crippen LogP contribution in [-0.2, 0) is 26.6 Å². The molecule has 1 unspecified atom stereocenters. The number of rotatable bonds is 7. The van der Waals surface area contributed by atoms with E-state index < -0.39 is 34.1 Å². The molecule has 0 N–H and O–H groups in total. The van der Waals surface area contributed by atoms with Crippen LogP contribution in [0.4, 0.5) is 13.2 Å². The Balaban J connectivity index is 1.67. The highest BCUT2D eigenvalue weighted by Gasteiger charge is 2.58. The van der Waals surface area contributed by atoms with Crippen LogP contribution in [0.3, 0.4) is 0 Å². The third-order valence-corrected chi connectivity index (χ3v) is 6.15. The van der Waals surface area contributed by atoms with E-state index in [1.54, 1.807) is 35.2 Å². The minimum Gasteiger partial charge on any atom is -0.298 e. The first-order valence-electron chi connectivity index (χ1n) is 8.93. The minimum absolute atomic E-state index is 0.190. The summed E-state index contributed by atoms with van der Waals surface area (Å²) in [6, 6.07) is 17.5. The highest BCUT2D eigenvalue weighted by atomic mass is 32.2. The van der Waals surface area contributed by atoms with Crippen LogP contribution in [0.2, 0.25) is 0 Å². The fraction of sp³-hybridized carbons (Fsp3) is 0.400. The Bertz CT molecular complexity index is 873. The lowest BCUT2D eigenvalue weighted by Gasteiger charge is -2.31. The lowest BCUT2D eigenvalue weighted by Crippen LogP contribution is -2.45. The smallest absolute Gasteiger partial charge is 0.298 e. The third kappa shape index (κ3) is 5.12. The van der Waals surface area contributed by atoms with E-state index in [0.717, 1.165) is 5.56 Å².